The maximum Gasteiger partial charge on any atom is 0.0597 e. The highest BCUT2D eigenvalue weighted by Gasteiger charge is 2.43. The fraction of sp³-hybridized carbons (Fsp3) is 1.00. The van der Waals surface area contributed by atoms with Gasteiger partial charge in [0.05, 0.1) is 12.2 Å². The van der Waals surface area contributed by atoms with Crippen molar-refractivity contribution < 1.29 is 4.74 Å². The summed E-state index contributed by atoms with van der Waals surface area (Å²) in [5, 5.41) is 0. The van der Waals surface area contributed by atoms with Gasteiger partial charge >= 0.3 is 0 Å². The number of rotatable bonds is 3. The fourth-order valence-corrected chi connectivity index (χ4v) is 4.14. The molecule has 1 aliphatic heterocycles. The van der Waals surface area contributed by atoms with Crippen molar-refractivity contribution >= 4 is 0 Å². The molecule has 0 amide bonds. The average molecular weight is 254 g/mol. The van der Waals surface area contributed by atoms with Gasteiger partial charge in [0, 0.05) is 12.0 Å². The van der Waals surface area contributed by atoms with Crippen LogP contribution in [0.5, 0.6) is 0 Å². The maximum absolute atomic E-state index is 6.00. The summed E-state index contributed by atoms with van der Waals surface area (Å²) in [5.41, 5.74) is 3.14. The summed E-state index contributed by atoms with van der Waals surface area (Å²) >= 11 is 0. The second-order valence-corrected chi connectivity index (χ2v) is 6.43. The lowest BCUT2D eigenvalue weighted by atomic mass is 9.76. The highest BCUT2D eigenvalue weighted by atomic mass is 16.5. The van der Waals surface area contributed by atoms with Gasteiger partial charge in [-0.25, -0.2) is 0 Å². The molecule has 3 heteroatoms. The molecule has 0 aromatic carbocycles. The van der Waals surface area contributed by atoms with E-state index in [0.717, 1.165) is 5.92 Å². The van der Waals surface area contributed by atoms with Crippen molar-refractivity contribution in [3.8, 4) is 0 Å². The Labute approximate surface area is 112 Å². The minimum Gasteiger partial charge on any atom is -0.375 e. The number of hydrogen-bond acceptors (Lipinski definition) is 3. The van der Waals surface area contributed by atoms with E-state index in [1.807, 2.05) is 0 Å². The standard InChI is InChI=1S/C15H30N2O/c1-10-11(2)18-12(3)14(10)15(17-16)13-8-6-4-5-7-9-13/h10-15,17H,4-9,16H2,1-3H3. The van der Waals surface area contributed by atoms with Gasteiger partial charge in [0.1, 0.15) is 0 Å². The van der Waals surface area contributed by atoms with Crippen LogP contribution in [-0.4, -0.2) is 18.2 Å². The summed E-state index contributed by atoms with van der Waals surface area (Å²) < 4.78 is 6.00. The van der Waals surface area contributed by atoms with E-state index in [9.17, 15) is 0 Å². The third-order valence-corrected chi connectivity index (χ3v) is 5.33. The van der Waals surface area contributed by atoms with Gasteiger partial charge in [0.15, 0.2) is 0 Å². The molecule has 3 N–H and O–H groups in total. The van der Waals surface area contributed by atoms with Gasteiger partial charge < -0.3 is 4.74 Å². The van der Waals surface area contributed by atoms with E-state index in [1.54, 1.807) is 0 Å². The zero-order valence-corrected chi connectivity index (χ0v) is 12.2. The predicted molar refractivity (Wildman–Crippen MR) is 75.0 cm³/mol. The minimum atomic E-state index is 0.333. The lowest BCUT2D eigenvalue weighted by Gasteiger charge is -2.34. The summed E-state index contributed by atoms with van der Waals surface area (Å²) in [6.07, 6.45) is 8.90. The molecular formula is C15H30N2O. The molecule has 1 aliphatic carbocycles. The van der Waals surface area contributed by atoms with Crippen molar-refractivity contribution in [1.29, 1.82) is 0 Å². The van der Waals surface area contributed by atoms with Crippen LogP contribution in [0.2, 0.25) is 0 Å². The van der Waals surface area contributed by atoms with Gasteiger partial charge in [-0.15, -0.1) is 0 Å². The number of hydrogen-bond donors (Lipinski definition) is 2. The van der Waals surface area contributed by atoms with Gasteiger partial charge in [-0.1, -0.05) is 32.6 Å². The first-order valence-corrected chi connectivity index (χ1v) is 7.76. The molecule has 106 valence electrons. The second kappa shape index (κ2) is 6.36. The largest absolute Gasteiger partial charge is 0.375 e. The molecule has 2 fully saturated rings. The third kappa shape index (κ3) is 2.89. The molecule has 5 unspecified atom stereocenters. The van der Waals surface area contributed by atoms with Gasteiger partial charge in [-0.05, 0) is 38.5 Å². The van der Waals surface area contributed by atoms with Crippen LogP contribution in [0.25, 0.3) is 0 Å². The molecule has 0 aromatic rings. The Kier molecular flexibility index (Phi) is 5.05. The molecule has 1 saturated heterocycles. The van der Waals surface area contributed by atoms with Crippen LogP contribution >= 0.6 is 0 Å². The third-order valence-electron chi connectivity index (χ3n) is 5.33. The van der Waals surface area contributed by atoms with E-state index in [0.29, 0.717) is 30.1 Å². The normalized spacial score (nSPS) is 40.7. The first kappa shape index (κ1) is 14.3. The van der Waals surface area contributed by atoms with Gasteiger partial charge in [0.2, 0.25) is 0 Å². The smallest absolute Gasteiger partial charge is 0.0597 e. The summed E-state index contributed by atoms with van der Waals surface area (Å²) in [4.78, 5) is 0. The summed E-state index contributed by atoms with van der Waals surface area (Å²) in [5.74, 6) is 7.80. The van der Waals surface area contributed by atoms with E-state index in [-0.39, 0.29) is 0 Å². The number of hydrazine groups is 1. The van der Waals surface area contributed by atoms with Crippen molar-refractivity contribution in [3.63, 3.8) is 0 Å². The molecule has 0 spiro atoms. The van der Waals surface area contributed by atoms with Gasteiger partial charge in [-0.3, -0.25) is 11.3 Å². The quantitative estimate of drug-likeness (QED) is 0.462. The monoisotopic (exact) mass is 254 g/mol. The molecule has 0 radical (unpaired) electrons. The van der Waals surface area contributed by atoms with Crippen LogP contribution in [-0.2, 0) is 4.74 Å². The number of ether oxygens (including phenoxy) is 1. The Morgan fingerprint density at radius 2 is 1.61 bits per heavy atom. The topological polar surface area (TPSA) is 47.3 Å². The molecule has 0 aromatic heterocycles. The summed E-state index contributed by atoms with van der Waals surface area (Å²) in [7, 11) is 0. The van der Waals surface area contributed by atoms with Crippen LogP contribution < -0.4 is 11.3 Å². The molecule has 5 atom stereocenters. The van der Waals surface area contributed by atoms with Crippen molar-refractivity contribution in [2.75, 3.05) is 0 Å². The summed E-state index contributed by atoms with van der Waals surface area (Å²) in [6, 6.07) is 0.429. The molecule has 18 heavy (non-hydrogen) atoms. The Morgan fingerprint density at radius 1 is 1.00 bits per heavy atom. The maximum atomic E-state index is 6.00. The van der Waals surface area contributed by atoms with Crippen molar-refractivity contribution in [3.05, 3.63) is 0 Å². The van der Waals surface area contributed by atoms with E-state index < -0.39 is 0 Å². The Bertz CT molecular complexity index is 251. The molecule has 0 bridgehead atoms. The van der Waals surface area contributed by atoms with E-state index in [1.165, 1.54) is 38.5 Å². The zero-order chi connectivity index (χ0) is 13.1. The highest BCUT2D eigenvalue weighted by Crippen LogP contribution is 2.39. The van der Waals surface area contributed by atoms with Crippen molar-refractivity contribution in [2.45, 2.75) is 77.5 Å². The lowest BCUT2D eigenvalue weighted by molar-refractivity contribution is 0.0437. The Morgan fingerprint density at radius 3 is 2.06 bits per heavy atom. The van der Waals surface area contributed by atoms with E-state index in [2.05, 4.69) is 26.2 Å². The van der Waals surface area contributed by atoms with Crippen molar-refractivity contribution in [1.82, 2.24) is 5.43 Å². The molecule has 3 nitrogen and oxygen atoms in total. The first-order chi connectivity index (χ1) is 8.65. The SMILES string of the molecule is CC1OC(C)C(C(NN)C2CCCCCC2)C1C. The van der Waals surface area contributed by atoms with Crippen LogP contribution in [0, 0.1) is 17.8 Å². The highest BCUT2D eigenvalue weighted by molar-refractivity contribution is 4.94. The number of nitrogens with one attached hydrogen (secondary N) is 1. The zero-order valence-electron chi connectivity index (χ0n) is 12.2. The second-order valence-electron chi connectivity index (χ2n) is 6.43. The van der Waals surface area contributed by atoms with Gasteiger partial charge in [0.25, 0.3) is 0 Å². The molecule has 1 saturated carbocycles. The molecule has 1 heterocycles. The van der Waals surface area contributed by atoms with Crippen LogP contribution in [0.1, 0.15) is 59.3 Å². The lowest BCUT2D eigenvalue weighted by Crippen LogP contribution is -2.49. The van der Waals surface area contributed by atoms with Crippen molar-refractivity contribution in [2.24, 2.45) is 23.6 Å². The molecule has 2 rings (SSSR count). The van der Waals surface area contributed by atoms with E-state index in [4.69, 9.17) is 10.6 Å². The average Bonchev–Trinajstić information content (AvgIpc) is 2.58. The fourth-order valence-electron chi connectivity index (χ4n) is 4.14. The molecule has 2 aliphatic rings. The predicted octanol–water partition coefficient (Wildman–Crippen LogP) is 2.85. The van der Waals surface area contributed by atoms with Crippen LogP contribution in [0.15, 0.2) is 0 Å². The Hall–Kier alpha value is -0.120. The Balaban J connectivity index is 2.06. The minimum absolute atomic E-state index is 0.333. The summed E-state index contributed by atoms with van der Waals surface area (Å²) in [6.45, 7) is 6.73. The van der Waals surface area contributed by atoms with Gasteiger partial charge in [-0.2, -0.15) is 0 Å². The van der Waals surface area contributed by atoms with Crippen LogP contribution in [0.4, 0.5) is 0 Å². The molecular weight excluding hydrogens is 224 g/mol. The number of nitrogens with two attached hydrogens (primary N) is 1. The van der Waals surface area contributed by atoms with E-state index >= 15 is 0 Å². The first-order valence-electron chi connectivity index (χ1n) is 7.76. The van der Waals surface area contributed by atoms with Crippen LogP contribution in [0.3, 0.4) is 0 Å².